The third-order valence-electron chi connectivity index (χ3n) is 5.26. The Morgan fingerprint density at radius 1 is 1.15 bits per heavy atom. The second kappa shape index (κ2) is 8.64. The van der Waals surface area contributed by atoms with Crippen LogP contribution in [0.4, 0.5) is 0 Å². The Labute approximate surface area is 153 Å². The Morgan fingerprint density at radius 3 is 2.50 bits per heavy atom. The molecule has 2 amide bonds. The zero-order chi connectivity index (χ0) is 18.5. The van der Waals surface area contributed by atoms with Crippen LogP contribution < -0.4 is 16.8 Å². The predicted molar refractivity (Wildman–Crippen MR) is 96.4 cm³/mol. The highest BCUT2D eigenvalue weighted by Crippen LogP contribution is 2.40. The summed E-state index contributed by atoms with van der Waals surface area (Å²) in [7, 11) is 0. The monoisotopic (exact) mass is 363 g/mol. The Morgan fingerprint density at radius 2 is 1.88 bits per heavy atom. The molecule has 1 aromatic heterocycles. The fourth-order valence-electron chi connectivity index (χ4n) is 3.66. The summed E-state index contributed by atoms with van der Waals surface area (Å²) in [6.45, 7) is 1.36. The minimum Gasteiger partial charge on any atom is -0.360 e. The van der Waals surface area contributed by atoms with Crippen LogP contribution in [-0.4, -0.2) is 53.6 Å². The first-order valence-electron chi connectivity index (χ1n) is 9.59. The first-order chi connectivity index (χ1) is 12.6. The molecule has 2 aliphatic carbocycles. The maximum atomic E-state index is 12.4. The lowest BCUT2D eigenvalue weighted by atomic mass is 9.89. The molecule has 1 aromatic rings. The minimum absolute atomic E-state index is 0.0700. The van der Waals surface area contributed by atoms with E-state index in [1.807, 2.05) is 4.90 Å². The average molecular weight is 363 g/mol. The molecule has 26 heavy (non-hydrogen) atoms. The standard InChI is InChI=1S/C18H29N5O3/c19-8-7-17(24)23(10-9-20)14-5-3-13(4-6-14)21-18(25)15-11-16(26-22-15)12-1-2-12/h11-14H,1-10,19-20H2,(H,21,25)/t13-,14-. The number of aromatic nitrogens is 1. The van der Waals surface area contributed by atoms with E-state index in [0.29, 0.717) is 37.7 Å². The molecule has 5 N–H and O–H groups in total. The van der Waals surface area contributed by atoms with Crippen molar-refractivity contribution < 1.29 is 14.1 Å². The van der Waals surface area contributed by atoms with Crippen LogP contribution in [0.25, 0.3) is 0 Å². The van der Waals surface area contributed by atoms with Gasteiger partial charge in [-0.15, -0.1) is 0 Å². The van der Waals surface area contributed by atoms with Gasteiger partial charge in [0, 0.05) is 50.1 Å². The smallest absolute Gasteiger partial charge is 0.273 e. The van der Waals surface area contributed by atoms with Crippen LogP contribution in [0.2, 0.25) is 0 Å². The normalized spacial score (nSPS) is 22.8. The van der Waals surface area contributed by atoms with E-state index in [1.54, 1.807) is 6.07 Å². The molecule has 0 saturated heterocycles. The van der Waals surface area contributed by atoms with Gasteiger partial charge in [0.05, 0.1) is 0 Å². The van der Waals surface area contributed by atoms with E-state index < -0.39 is 0 Å². The van der Waals surface area contributed by atoms with Gasteiger partial charge in [0.15, 0.2) is 5.69 Å². The van der Waals surface area contributed by atoms with E-state index in [0.717, 1.165) is 44.3 Å². The number of nitrogens with two attached hydrogens (primary N) is 2. The van der Waals surface area contributed by atoms with Gasteiger partial charge in [-0.05, 0) is 38.5 Å². The fraction of sp³-hybridized carbons (Fsp3) is 0.722. The molecule has 3 rings (SSSR count). The highest BCUT2D eigenvalue weighted by Gasteiger charge is 2.31. The third-order valence-corrected chi connectivity index (χ3v) is 5.26. The molecule has 0 unspecified atom stereocenters. The van der Waals surface area contributed by atoms with Gasteiger partial charge in [-0.25, -0.2) is 0 Å². The number of rotatable bonds is 8. The van der Waals surface area contributed by atoms with Gasteiger partial charge in [-0.3, -0.25) is 9.59 Å². The number of nitrogens with zero attached hydrogens (tertiary/aromatic N) is 2. The highest BCUT2D eigenvalue weighted by molar-refractivity contribution is 5.92. The molecular formula is C18H29N5O3. The number of hydrogen-bond acceptors (Lipinski definition) is 6. The summed E-state index contributed by atoms with van der Waals surface area (Å²) in [5.41, 5.74) is 11.5. The Balaban J connectivity index is 1.49. The molecule has 0 atom stereocenters. The van der Waals surface area contributed by atoms with E-state index in [-0.39, 0.29) is 23.9 Å². The van der Waals surface area contributed by atoms with Crippen molar-refractivity contribution in [3.8, 4) is 0 Å². The van der Waals surface area contributed by atoms with Gasteiger partial charge in [-0.2, -0.15) is 0 Å². The van der Waals surface area contributed by atoms with Crippen LogP contribution in [0.3, 0.4) is 0 Å². The zero-order valence-corrected chi connectivity index (χ0v) is 15.2. The molecule has 0 aromatic carbocycles. The molecule has 2 fully saturated rings. The number of hydrogen-bond donors (Lipinski definition) is 3. The highest BCUT2D eigenvalue weighted by atomic mass is 16.5. The lowest BCUT2D eigenvalue weighted by molar-refractivity contribution is -0.134. The second-order valence-corrected chi connectivity index (χ2v) is 7.28. The predicted octanol–water partition coefficient (Wildman–Crippen LogP) is 0.729. The lowest BCUT2D eigenvalue weighted by Crippen LogP contribution is -2.48. The third kappa shape index (κ3) is 4.62. The summed E-state index contributed by atoms with van der Waals surface area (Å²) in [5, 5.41) is 6.93. The molecule has 144 valence electrons. The quantitative estimate of drug-likeness (QED) is 0.625. The fourth-order valence-corrected chi connectivity index (χ4v) is 3.66. The summed E-state index contributed by atoms with van der Waals surface area (Å²) < 4.78 is 5.25. The van der Waals surface area contributed by atoms with Crippen molar-refractivity contribution in [1.82, 2.24) is 15.4 Å². The van der Waals surface area contributed by atoms with E-state index in [2.05, 4.69) is 10.5 Å². The van der Waals surface area contributed by atoms with Crippen LogP contribution in [0.15, 0.2) is 10.6 Å². The molecule has 0 radical (unpaired) electrons. The topological polar surface area (TPSA) is 127 Å². The molecule has 8 nitrogen and oxygen atoms in total. The Bertz CT molecular complexity index is 620. The molecular weight excluding hydrogens is 334 g/mol. The van der Waals surface area contributed by atoms with Crippen molar-refractivity contribution in [2.45, 2.75) is 62.9 Å². The molecule has 0 spiro atoms. The van der Waals surface area contributed by atoms with Gasteiger partial charge < -0.3 is 26.2 Å². The lowest BCUT2D eigenvalue weighted by Gasteiger charge is -2.37. The van der Waals surface area contributed by atoms with E-state index in [9.17, 15) is 9.59 Å². The van der Waals surface area contributed by atoms with Gasteiger partial charge in [-0.1, -0.05) is 5.16 Å². The molecule has 2 aliphatic rings. The summed E-state index contributed by atoms with van der Waals surface area (Å²) in [5.74, 6) is 1.15. The van der Waals surface area contributed by atoms with Gasteiger partial charge in [0.25, 0.3) is 5.91 Å². The van der Waals surface area contributed by atoms with Crippen LogP contribution in [-0.2, 0) is 4.79 Å². The summed E-state index contributed by atoms with van der Waals surface area (Å²) in [6.07, 6.45) is 5.96. The maximum absolute atomic E-state index is 12.4. The molecule has 1 heterocycles. The summed E-state index contributed by atoms with van der Waals surface area (Å²) in [6, 6.07) is 2.04. The van der Waals surface area contributed by atoms with Gasteiger partial charge >= 0.3 is 0 Å². The molecule has 2 saturated carbocycles. The number of amides is 2. The SMILES string of the molecule is NCCC(=O)N(CCN)[C@H]1CC[C@H](NC(=O)c2cc(C3CC3)on2)CC1. The van der Waals surface area contributed by atoms with Crippen LogP contribution in [0.5, 0.6) is 0 Å². The van der Waals surface area contributed by atoms with Crippen molar-refractivity contribution in [2.24, 2.45) is 11.5 Å². The van der Waals surface area contributed by atoms with Crippen molar-refractivity contribution >= 4 is 11.8 Å². The van der Waals surface area contributed by atoms with Crippen molar-refractivity contribution in [1.29, 1.82) is 0 Å². The first-order valence-corrected chi connectivity index (χ1v) is 9.59. The van der Waals surface area contributed by atoms with Crippen LogP contribution in [0, 0.1) is 0 Å². The van der Waals surface area contributed by atoms with Crippen molar-refractivity contribution in [3.05, 3.63) is 17.5 Å². The zero-order valence-electron chi connectivity index (χ0n) is 15.2. The first kappa shape index (κ1) is 18.8. The van der Waals surface area contributed by atoms with Gasteiger partial charge in [0.1, 0.15) is 5.76 Å². The van der Waals surface area contributed by atoms with Crippen molar-refractivity contribution in [3.63, 3.8) is 0 Å². The van der Waals surface area contributed by atoms with E-state index >= 15 is 0 Å². The number of carbonyl (C=O) groups is 2. The van der Waals surface area contributed by atoms with Crippen LogP contribution in [0.1, 0.15) is 67.1 Å². The molecule has 0 aliphatic heterocycles. The Hall–Kier alpha value is -1.93. The summed E-state index contributed by atoms with van der Waals surface area (Å²) in [4.78, 5) is 26.5. The van der Waals surface area contributed by atoms with Crippen molar-refractivity contribution in [2.75, 3.05) is 19.6 Å². The van der Waals surface area contributed by atoms with Gasteiger partial charge in [0.2, 0.25) is 5.91 Å². The average Bonchev–Trinajstić information content (AvgIpc) is 3.37. The molecule has 8 heteroatoms. The maximum Gasteiger partial charge on any atom is 0.273 e. The Kier molecular flexibility index (Phi) is 6.26. The second-order valence-electron chi connectivity index (χ2n) is 7.28. The van der Waals surface area contributed by atoms with E-state index in [4.69, 9.17) is 16.0 Å². The largest absolute Gasteiger partial charge is 0.360 e. The molecule has 0 bridgehead atoms. The number of nitrogens with one attached hydrogen (secondary N) is 1. The minimum atomic E-state index is -0.179. The summed E-state index contributed by atoms with van der Waals surface area (Å²) >= 11 is 0. The number of carbonyl (C=O) groups excluding carboxylic acids is 2. The van der Waals surface area contributed by atoms with E-state index in [1.165, 1.54) is 0 Å². The van der Waals surface area contributed by atoms with Crippen LogP contribution >= 0.6 is 0 Å².